The molecule has 3 aromatic rings. The van der Waals surface area contributed by atoms with Gasteiger partial charge in [0.1, 0.15) is 0 Å². The molecule has 0 spiro atoms. The minimum absolute atomic E-state index is 0.0715. The third-order valence-corrected chi connectivity index (χ3v) is 3.38. The fourth-order valence-corrected chi connectivity index (χ4v) is 2.29. The van der Waals surface area contributed by atoms with Gasteiger partial charge in [0.25, 0.3) is 11.4 Å². The Morgan fingerprint density at radius 3 is 2.83 bits per heavy atom. The Hall–Kier alpha value is -3.29. The summed E-state index contributed by atoms with van der Waals surface area (Å²) in [6.45, 7) is 1.69. The number of ether oxygens (including phenoxy) is 1. The van der Waals surface area contributed by atoms with Gasteiger partial charge in [-0.2, -0.15) is 0 Å². The molecule has 0 saturated heterocycles. The molecule has 2 aromatic heterocycles. The van der Waals surface area contributed by atoms with Crippen molar-refractivity contribution in [3.8, 4) is 11.3 Å². The summed E-state index contributed by atoms with van der Waals surface area (Å²) in [7, 11) is 1.27. The van der Waals surface area contributed by atoms with Crippen molar-refractivity contribution in [3.05, 3.63) is 51.7 Å². The number of fused-ring (bicyclic) bond motifs is 1. The number of non-ortho nitro benzene ring substituents is 1. The number of hydrogen-bond acceptors (Lipinski definition) is 7. The van der Waals surface area contributed by atoms with E-state index in [1.54, 1.807) is 19.1 Å². The van der Waals surface area contributed by atoms with Crippen molar-refractivity contribution in [2.24, 2.45) is 0 Å². The van der Waals surface area contributed by atoms with Gasteiger partial charge in [-0.15, -0.1) is 0 Å². The number of benzene rings is 1. The highest BCUT2D eigenvalue weighted by Crippen LogP contribution is 2.29. The molecule has 23 heavy (non-hydrogen) atoms. The minimum atomic E-state index is -0.560. The lowest BCUT2D eigenvalue weighted by molar-refractivity contribution is -0.384. The van der Waals surface area contributed by atoms with E-state index in [9.17, 15) is 14.9 Å². The van der Waals surface area contributed by atoms with Crippen LogP contribution in [0.25, 0.3) is 22.4 Å². The predicted molar refractivity (Wildman–Crippen MR) is 80.0 cm³/mol. The molecule has 0 unspecified atom stereocenters. The molecule has 116 valence electrons. The van der Waals surface area contributed by atoms with Crippen molar-refractivity contribution in [3.63, 3.8) is 0 Å². The molecule has 0 aliphatic carbocycles. The molecule has 0 N–H and O–H groups in total. The third kappa shape index (κ3) is 2.50. The monoisotopic (exact) mass is 313 g/mol. The average molecular weight is 313 g/mol. The molecule has 0 aliphatic heterocycles. The van der Waals surface area contributed by atoms with Crippen molar-refractivity contribution in [2.45, 2.75) is 6.92 Å². The number of carbonyl (C=O) groups excluding carboxylic acids is 1. The van der Waals surface area contributed by atoms with Crippen molar-refractivity contribution >= 4 is 22.8 Å². The molecule has 0 fully saturated rings. The summed E-state index contributed by atoms with van der Waals surface area (Å²) in [5.74, 6) is -0.560. The summed E-state index contributed by atoms with van der Waals surface area (Å²) >= 11 is 0. The lowest BCUT2D eigenvalue weighted by Gasteiger charge is -2.05. The molecule has 0 atom stereocenters. The highest BCUT2D eigenvalue weighted by molar-refractivity contribution is 6.04. The fourth-order valence-electron chi connectivity index (χ4n) is 2.29. The summed E-state index contributed by atoms with van der Waals surface area (Å²) in [6.07, 6.45) is 0. The largest absolute Gasteiger partial charge is 0.465 e. The number of aromatic nitrogens is 2. The van der Waals surface area contributed by atoms with Crippen molar-refractivity contribution < 1.29 is 19.0 Å². The first kappa shape index (κ1) is 14.6. The molecular weight excluding hydrogens is 302 g/mol. The summed E-state index contributed by atoms with van der Waals surface area (Å²) in [5.41, 5.74) is 1.71. The van der Waals surface area contributed by atoms with Gasteiger partial charge in [0.05, 0.1) is 34.4 Å². The molecule has 0 amide bonds. The molecule has 1 aromatic carbocycles. The summed E-state index contributed by atoms with van der Waals surface area (Å²) in [4.78, 5) is 26.7. The Balaban J connectivity index is 2.25. The van der Waals surface area contributed by atoms with Crippen LogP contribution in [0.5, 0.6) is 0 Å². The van der Waals surface area contributed by atoms with Crippen LogP contribution in [-0.2, 0) is 4.74 Å². The topological polar surface area (TPSA) is 108 Å². The smallest absolute Gasteiger partial charge is 0.338 e. The second kappa shape index (κ2) is 5.48. The van der Waals surface area contributed by atoms with Crippen LogP contribution in [0.15, 0.2) is 34.9 Å². The van der Waals surface area contributed by atoms with E-state index in [0.717, 1.165) is 0 Å². The van der Waals surface area contributed by atoms with Gasteiger partial charge in [-0.1, -0.05) is 17.3 Å². The van der Waals surface area contributed by atoms with Crippen LogP contribution in [0.3, 0.4) is 0 Å². The zero-order chi connectivity index (χ0) is 16.6. The maximum Gasteiger partial charge on any atom is 0.338 e. The summed E-state index contributed by atoms with van der Waals surface area (Å²) in [5, 5.41) is 15.2. The van der Waals surface area contributed by atoms with E-state index in [4.69, 9.17) is 9.26 Å². The Morgan fingerprint density at radius 1 is 1.35 bits per heavy atom. The molecule has 0 saturated carbocycles. The normalized spacial score (nSPS) is 10.7. The van der Waals surface area contributed by atoms with E-state index >= 15 is 0 Å². The van der Waals surface area contributed by atoms with E-state index in [1.165, 1.54) is 25.3 Å². The van der Waals surface area contributed by atoms with E-state index in [0.29, 0.717) is 22.3 Å². The van der Waals surface area contributed by atoms with Crippen LogP contribution in [0.1, 0.15) is 16.1 Å². The van der Waals surface area contributed by atoms with Gasteiger partial charge < -0.3 is 9.26 Å². The van der Waals surface area contributed by atoms with Crippen LogP contribution in [-0.4, -0.2) is 28.1 Å². The van der Waals surface area contributed by atoms with Crippen LogP contribution < -0.4 is 0 Å². The molecule has 0 radical (unpaired) electrons. The van der Waals surface area contributed by atoms with Gasteiger partial charge in [0.15, 0.2) is 0 Å². The third-order valence-electron chi connectivity index (χ3n) is 3.38. The molecule has 3 rings (SSSR count). The van der Waals surface area contributed by atoms with Gasteiger partial charge >= 0.3 is 5.97 Å². The Bertz CT molecular complexity index is 932. The number of methoxy groups -OCH3 is 1. The van der Waals surface area contributed by atoms with Gasteiger partial charge in [-0.3, -0.25) is 10.1 Å². The minimum Gasteiger partial charge on any atom is -0.465 e. The molecule has 8 nitrogen and oxygen atoms in total. The van der Waals surface area contributed by atoms with Gasteiger partial charge in [0, 0.05) is 17.7 Å². The van der Waals surface area contributed by atoms with E-state index < -0.39 is 10.9 Å². The number of pyridine rings is 1. The van der Waals surface area contributed by atoms with Crippen molar-refractivity contribution in [1.82, 2.24) is 10.1 Å². The van der Waals surface area contributed by atoms with E-state index in [-0.39, 0.29) is 17.0 Å². The second-order valence-electron chi connectivity index (χ2n) is 4.80. The first-order valence-electron chi connectivity index (χ1n) is 6.61. The maximum absolute atomic E-state index is 12.0. The van der Waals surface area contributed by atoms with Gasteiger partial charge in [-0.05, 0) is 13.0 Å². The lowest BCUT2D eigenvalue weighted by atomic mass is 10.1. The number of rotatable bonds is 3. The maximum atomic E-state index is 12.0. The predicted octanol–water partition coefficient (Wildman–Crippen LogP) is 2.89. The Kier molecular flexibility index (Phi) is 3.49. The van der Waals surface area contributed by atoms with Crippen LogP contribution in [0.2, 0.25) is 0 Å². The quantitative estimate of drug-likeness (QED) is 0.415. The van der Waals surface area contributed by atoms with Gasteiger partial charge in [0.2, 0.25) is 0 Å². The number of esters is 1. The zero-order valence-electron chi connectivity index (χ0n) is 12.3. The van der Waals surface area contributed by atoms with E-state index in [2.05, 4.69) is 10.1 Å². The van der Waals surface area contributed by atoms with Crippen molar-refractivity contribution in [2.75, 3.05) is 7.11 Å². The van der Waals surface area contributed by atoms with Crippen LogP contribution in [0.4, 0.5) is 5.69 Å². The van der Waals surface area contributed by atoms with Crippen LogP contribution >= 0.6 is 0 Å². The van der Waals surface area contributed by atoms with Crippen LogP contribution in [0, 0.1) is 17.0 Å². The standard InChI is InChI=1S/C15H11N3O5/c1-8-13-11(15(19)22-2)7-12(16-14(13)23-17-8)9-4-3-5-10(6-9)18(20)21/h3-7H,1-2H3. The number of carbonyl (C=O) groups is 1. The van der Waals surface area contributed by atoms with E-state index in [1.807, 2.05) is 0 Å². The SMILES string of the molecule is COC(=O)c1cc(-c2cccc([N+](=O)[O-])c2)nc2onc(C)c12. The second-order valence-corrected chi connectivity index (χ2v) is 4.80. The molecular formula is C15H11N3O5. The number of hydrogen-bond donors (Lipinski definition) is 0. The molecule has 2 heterocycles. The van der Waals surface area contributed by atoms with Crippen molar-refractivity contribution in [1.29, 1.82) is 0 Å². The number of nitrogens with zero attached hydrogens (tertiary/aromatic N) is 3. The first-order chi connectivity index (χ1) is 11.0. The zero-order valence-corrected chi connectivity index (χ0v) is 12.3. The number of aryl methyl sites for hydroxylation is 1. The Labute approximate surface area is 129 Å². The molecule has 8 heteroatoms. The molecule has 0 bridgehead atoms. The summed E-state index contributed by atoms with van der Waals surface area (Å²) in [6, 6.07) is 7.46. The Morgan fingerprint density at radius 2 is 2.13 bits per heavy atom. The fraction of sp³-hybridized carbons (Fsp3) is 0.133. The first-order valence-corrected chi connectivity index (χ1v) is 6.61. The summed E-state index contributed by atoms with van der Waals surface area (Å²) < 4.78 is 9.90. The lowest BCUT2D eigenvalue weighted by Crippen LogP contribution is -2.03. The average Bonchev–Trinajstić information content (AvgIpc) is 2.94. The highest BCUT2D eigenvalue weighted by Gasteiger charge is 2.20. The molecule has 0 aliphatic rings. The number of nitro benzene ring substituents is 1. The highest BCUT2D eigenvalue weighted by atomic mass is 16.6. The number of nitro groups is 1. The van der Waals surface area contributed by atoms with Gasteiger partial charge in [-0.25, -0.2) is 9.78 Å².